The fraction of sp³-hybridized carbons (Fsp3) is 0.286. The minimum Gasteiger partial charge on any atom is -0.371 e. The van der Waals surface area contributed by atoms with Gasteiger partial charge in [-0.15, -0.1) is 0 Å². The molecule has 0 saturated carbocycles. The number of hydrogen-bond donors (Lipinski definition) is 1. The van der Waals surface area contributed by atoms with Crippen molar-refractivity contribution in [3.63, 3.8) is 0 Å². The molecular formula is C21H20F2N6O. The number of aromatic nitrogens is 4. The molecule has 1 aliphatic rings. The molecule has 1 aliphatic heterocycles. The third-order valence-electron chi connectivity index (χ3n) is 5.40. The third kappa shape index (κ3) is 2.97. The van der Waals surface area contributed by atoms with E-state index in [9.17, 15) is 9.18 Å². The molecule has 9 heteroatoms. The number of amides is 1. The van der Waals surface area contributed by atoms with E-state index in [0.29, 0.717) is 5.69 Å². The van der Waals surface area contributed by atoms with Crippen molar-refractivity contribution >= 4 is 33.8 Å². The summed E-state index contributed by atoms with van der Waals surface area (Å²) in [7, 11) is 1.73. The second-order valence-electron chi connectivity index (χ2n) is 7.66. The first-order chi connectivity index (χ1) is 14.4. The van der Waals surface area contributed by atoms with E-state index in [2.05, 4.69) is 20.3 Å². The molecule has 154 valence electrons. The van der Waals surface area contributed by atoms with Gasteiger partial charge in [0.2, 0.25) is 0 Å². The van der Waals surface area contributed by atoms with Gasteiger partial charge in [-0.1, -0.05) is 0 Å². The lowest BCUT2D eigenvalue weighted by atomic mass is 10.1. The van der Waals surface area contributed by atoms with Crippen molar-refractivity contribution in [1.29, 1.82) is 0 Å². The van der Waals surface area contributed by atoms with Crippen molar-refractivity contribution in [3.05, 3.63) is 53.6 Å². The van der Waals surface area contributed by atoms with Gasteiger partial charge in [-0.25, -0.2) is 13.8 Å². The fourth-order valence-corrected chi connectivity index (χ4v) is 4.12. The molecule has 7 nitrogen and oxygen atoms in total. The summed E-state index contributed by atoms with van der Waals surface area (Å²) < 4.78 is 32.5. The molecule has 1 aromatic carbocycles. The number of carbonyl (C=O) groups is 1. The van der Waals surface area contributed by atoms with Crippen LogP contribution in [-0.4, -0.2) is 38.2 Å². The normalized spacial score (nSPS) is 14.2. The van der Waals surface area contributed by atoms with Crippen molar-refractivity contribution in [2.45, 2.75) is 19.8 Å². The van der Waals surface area contributed by atoms with E-state index < -0.39 is 17.5 Å². The Morgan fingerprint density at radius 3 is 2.63 bits per heavy atom. The van der Waals surface area contributed by atoms with Crippen LogP contribution in [0.1, 0.15) is 28.9 Å². The fourth-order valence-electron chi connectivity index (χ4n) is 4.12. The number of aryl methyl sites for hydroxylation is 2. The molecular weight excluding hydrogens is 390 g/mol. The largest absolute Gasteiger partial charge is 0.371 e. The number of hydrogen-bond acceptors (Lipinski definition) is 4. The quantitative estimate of drug-likeness (QED) is 0.560. The SMILES string of the molecule is Cc1cn2cc(NC(=O)c3c(F)cc(N4CCCC4)c4cn(C)nc34)cc(F)c2n1. The molecule has 0 bridgehead atoms. The van der Waals surface area contributed by atoms with Gasteiger partial charge in [-0.05, 0) is 25.8 Å². The van der Waals surface area contributed by atoms with E-state index >= 15 is 4.39 Å². The van der Waals surface area contributed by atoms with E-state index in [1.165, 1.54) is 16.5 Å². The molecule has 0 atom stereocenters. The van der Waals surface area contributed by atoms with E-state index in [1.54, 1.807) is 37.2 Å². The van der Waals surface area contributed by atoms with Crippen LogP contribution in [0.5, 0.6) is 0 Å². The molecule has 0 radical (unpaired) electrons. The summed E-state index contributed by atoms with van der Waals surface area (Å²) >= 11 is 0. The Balaban J connectivity index is 1.57. The van der Waals surface area contributed by atoms with Crippen molar-refractivity contribution in [3.8, 4) is 0 Å². The maximum Gasteiger partial charge on any atom is 0.260 e. The number of anilines is 2. The maximum atomic E-state index is 15.1. The Bertz CT molecular complexity index is 1300. The van der Waals surface area contributed by atoms with Crippen LogP contribution in [-0.2, 0) is 7.05 Å². The Kier molecular flexibility index (Phi) is 4.19. The predicted octanol–water partition coefficient (Wildman–Crippen LogP) is 3.66. The number of halogens is 2. The van der Waals surface area contributed by atoms with Gasteiger partial charge < -0.3 is 14.6 Å². The lowest BCUT2D eigenvalue weighted by molar-refractivity contribution is 0.102. The first-order valence-corrected chi connectivity index (χ1v) is 9.78. The van der Waals surface area contributed by atoms with Crippen molar-refractivity contribution in [2.24, 2.45) is 7.05 Å². The van der Waals surface area contributed by atoms with Gasteiger partial charge in [0.05, 0.1) is 17.1 Å². The van der Waals surface area contributed by atoms with E-state index in [1.807, 2.05) is 0 Å². The van der Waals surface area contributed by atoms with Crippen LogP contribution >= 0.6 is 0 Å². The monoisotopic (exact) mass is 410 g/mol. The second kappa shape index (κ2) is 6.79. The van der Waals surface area contributed by atoms with Gasteiger partial charge >= 0.3 is 0 Å². The first-order valence-electron chi connectivity index (χ1n) is 9.78. The van der Waals surface area contributed by atoms with Gasteiger partial charge in [0.15, 0.2) is 11.5 Å². The number of benzene rings is 1. The van der Waals surface area contributed by atoms with E-state index in [-0.39, 0.29) is 22.4 Å². The summed E-state index contributed by atoms with van der Waals surface area (Å²) in [4.78, 5) is 19.2. The second-order valence-corrected chi connectivity index (χ2v) is 7.66. The lowest BCUT2D eigenvalue weighted by Gasteiger charge is -2.19. The molecule has 1 amide bonds. The number of rotatable bonds is 3. The van der Waals surface area contributed by atoms with Crippen LogP contribution in [0.25, 0.3) is 16.6 Å². The van der Waals surface area contributed by atoms with Crippen LogP contribution in [0.4, 0.5) is 20.2 Å². The molecule has 1 fully saturated rings. The zero-order valence-electron chi connectivity index (χ0n) is 16.6. The van der Waals surface area contributed by atoms with Crippen molar-refractivity contribution < 1.29 is 13.6 Å². The molecule has 3 aromatic heterocycles. The van der Waals surface area contributed by atoms with Crippen LogP contribution < -0.4 is 10.2 Å². The lowest BCUT2D eigenvalue weighted by Crippen LogP contribution is -2.20. The Labute approximate surface area is 170 Å². The summed E-state index contributed by atoms with van der Waals surface area (Å²) in [5.41, 5.74) is 1.89. The Morgan fingerprint density at radius 2 is 1.87 bits per heavy atom. The molecule has 4 aromatic rings. The smallest absolute Gasteiger partial charge is 0.260 e. The number of imidazole rings is 1. The molecule has 0 spiro atoms. The number of carbonyl (C=O) groups excluding carboxylic acids is 1. The maximum absolute atomic E-state index is 15.1. The molecule has 4 heterocycles. The summed E-state index contributed by atoms with van der Waals surface area (Å²) in [5.74, 6) is -1.91. The van der Waals surface area contributed by atoms with Crippen LogP contribution in [0.3, 0.4) is 0 Å². The molecule has 0 aliphatic carbocycles. The highest BCUT2D eigenvalue weighted by atomic mass is 19.1. The average Bonchev–Trinajstić information content (AvgIpc) is 3.40. The van der Waals surface area contributed by atoms with Gasteiger partial charge in [-0.2, -0.15) is 5.10 Å². The van der Waals surface area contributed by atoms with E-state index in [4.69, 9.17) is 0 Å². The zero-order chi connectivity index (χ0) is 21.0. The summed E-state index contributed by atoms with van der Waals surface area (Å²) in [6.45, 7) is 3.44. The van der Waals surface area contributed by atoms with Crippen LogP contribution in [0.15, 0.2) is 30.7 Å². The first kappa shape index (κ1) is 18.5. The Morgan fingerprint density at radius 1 is 1.10 bits per heavy atom. The molecule has 0 unspecified atom stereocenters. The number of nitrogens with zero attached hydrogens (tertiary/aromatic N) is 5. The highest BCUT2D eigenvalue weighted by molar-refractivity contribution is 6.14. The number of fused-ring (bicyclic) bond motifs is 2. The average molecular weight is 410 g/mol. The Hall–Kier alpha value is -3.49. The van der Waals surface area contributed by atoms with Crippen LogP contribution in [0.2, 0.25) is 0 Å². The van der Waals surface area contributed by atoms with E-state index in [0.717, 1.165) is 37.0 Å². The van der Waals surface area contributed by atoms with Crippen molar-refractivity contribution in [2.75, 3.05) is 23.3 Å². The number of nitrogens with one attached hydrogen (secondary N) is 1. The minimum absolute atomic E-state index is 0.157. The summed E-state index contributed by atoms with van der Waals surface area (Å²) in [5, 5.41) is 7.66. The molecule has 5 rings (SSSR count). The van der Waals surface area contributed by atoms with Gasteiger partial charge in [0.1, 0.15) is 16.9 Å². The third-order valence-corrected chi connectivity index (χ3v) is 5.40. The minimum atomic E-state index is -0.681. The number of pyridine rings is 1. The van der Waals surface area contributed by atoms with Crippen LogP contribution in [0, 0.1) is 18.6 Å². The van der Waals surface area contributed by atoms with Gasteiger partial charge in [-0.3, -0.25) is 9.48 Å². The summed E-state index contributed by atoms with van der Waals surface area (Å²) in [6.07, 6.45) is 7.08. The standard InChI is InChI=1S/C21H20F2N6O/c1-12-9-29-10-13(7-16(23)20(29)24-12)25-21(30)18-15(22)8-17(28-5-3-4-6-28)14-11-27(2)26-19(14)18/h7-11H,3-6H2,1-2H3,(H,25,30). The van der Waals surface area contributed by atoms with Gasteiger partial charge in [0, 0.05) is 50.2 Å². The molecule has 1 saturated heterocycles. The molecule has 1 N–H and O–H groups in total. The summed E-state index contributed by atoms with van der Waals surface area (Å²) in [6, 6.07) is 2.57. The topological polar surface area (TPSA) is 67.5 Å². The van der Waals surface area contributed by atoms with Crippen molar-refractivity contribution in [1.82, 2.24) is 19.2 Å². The molecule has 30 heavy (non-hydrogen) atoms. The van der Waals surface area contributed by atoms with Gasteiger partial charge in [0.25, 0.3) is 5.91 Å². The highest BCUT2D eigenvalue weighted by Gasteiger charge is 2.25. The zero-order valence-corrected chi connectivity index (χ0v) is 16.6. The highest BCUT2D eigenvalue weighted by Crippen LogP contribution is 2.33. The predicted molar refractivity (Wildman–Crippen MR) is 110 cm³/mol.